The van der Waals surface area contributed by atoms with Gasteiger partial charge in [-0.3, -0.25) is 4.57 Å². The van der Waals surface area contributed by atoms with Crippen LogP contribution in [0.2, 0.25) is 0 Å². The summed E-state index contributed by atoms with van der Waals surface area (Å²) in [6.45, 7) is 4.54. The number of rotatable bonds is 28. The molecule has 0 aliphatic rings. The summed E-state index contributed by atoms with van der Waals surface area (Å²) in [5.41, 5.74) is 0. The molecule has 0 saturated carbocycles. The Hall–Kier alpha value is 0.460. The van der Waals surface area contributed by atoms with Crippen molar-refractivity contribution in [3.63, 3.8) is 0 Å². The molecular formula is C27H58NO3PS. The van der Waals surface area contributed by atoms with E-state index in [9.17, 15) is 4.57 Å². The first-order valence-electron chi connectivity index (χ1n) is 14.4. The van der Waals surface area contributed by atoms with Gasteiger partial charge in [0.25, 0.3) is 0 Å². The Balaban J connectivity index is 3.03. The quantitative estimate of drug-likeness (QED) is 0.0730. The lowest BCUT2D eigenvalue weighted by Crippen LogP contribution is -2.16. The highest BCUT2D eigenvalue weighted by molar-refractivity contribution is 7.99. The van der Waals surface area contributed by atoms with Gasteiger partial charge in [-0.15, -0.1) is 0 Å². The second-order valence-corrected chi connectivity index (χ2v) is 12.8. The summed E-state index contributed by atoms with van der Waals surface area (Å²) in [4.78, 5) is 17.6. The molecule has 3 N–H and O–H groups in total. The molecule has 6 heteroatoms. The third-order valence-electron chi connectivity index (χ3n) is 6.38. The third kappa shape index (κ3) is 32.5. The molecule has 0 saturated heterocycles. The highest BCUT2D eigenvalue weighted by Gasteiger charge is 2.11. The van der Waals surface area contributed by atoms with Gasteiger partial charge in [-0.1, -0.05) is 122 Å². The summed E-state index contributed by atoms with van der Waals surface area (Å²) in [6.07, 6.45) is 29.3. The number of nitrogens with one attached hydrogen (secondary N) is 1. The van der Waals surface area contributed by atoms with E-state index >= 15 is 0 Å². The highest BCUT2D eigenvalue weighted by Crippen LogP contribution is 2.34. The maximum Gasteiger partial charge on any atom is 0.326 e. The normalized spacial score (nSPS) is 12.0. The molecule has 0 atom stereocenters. The smallest absolute Gasteiger partial charge is 0.324 e. The van der Waals surface area contributed by atoms with Crippen LogP contribution in [0, 0.1) is 0 Å². The summed E-state index contributed by atoms with van der Waals surface area (Å²) in [7, 11) is -3.80. The molecule has 0 rings (SSSR count). The van der Waals surface area contributed by atoms with Crippen molar-refractivity contribution < 1.29 is 14.4 Å². The van der Waals surface area contributed by atoms with Crippen LogP contribution in [0.5, 0.6) is 0 Å². The van der Waals surface area contributed by atoms with Crippen LogP contribution in [0.25, 0.3) is 0 Å². The van der Waals surface area contributed by atoms with Crippen LogP contribution in [0.15, 0.2) is 0 Å². The molecule has 33 heavy (non-hydrogen) atoms. The van der Waals surface area contributed by atoms with E-state index in [0.717, 1.165) is 25.3 Å². The van der Waals surface area contributed by atoms with Crippen molar-refractivity contribution in [3.8, 4) is 0 Å². The third-order valence-corrected chi connectivity index (χ3v) is 8.56. The van der Waals surface area contributed by atoms with Crippen molar-refractivity contribution in [2.45, 2.75) is 142 Å². The number of unbranched alkanes of at least 4 members (excludes halogenated alkanes) is 19. The van der Waals surface area contributed by atoms with Gasteiger partial charge in [0.05, 0.1) is 6.16 Å². The van der Waals surface area contributed by atoms with E-state index in [2.05, 4.69) is 12.2 Å². The van der Waals surface area contributed by atoms with Gasteiger partial charge in [-0.2, -0.15) is 11.8 Å². The zero-order valence-electron chi connectivity index (χ0n) is 22.0. The van der Waals surface area contributed by atoms with Gasteiger partial charge in [-0.25, -0.2) is 0 Å². The SMILES string of the molecule is CCCCCCCCCCCCCCCCCCCCNCCCCCSCCP(=O)(O)O. The summed E-state index contributed by atoms with van der Waals surface area (Å²) in [6, 6.07) is 0. The molecule has 0 aliphatic carbocycles. The van der Waals surface area contributed by atoms with E-state index in [-0.39, 0.29) is 6.16 Å². The predicted octanol–water partition coefficient (Wildman–Crippen LogP) is 8.70. The molecule has 0 bridgehead atoms. The summed E-state index contributed by atoms with van der Waals surface area (Å²) in [5, 5.41) is 3.55. The Morgan fingerprint density at radius 2 is 0.909 bits per heavy atom. The first-order chi connectivity index (χ1) is 16.1. The number of thioether (sulfide) groups is 1. The van der Waals surface area contributed by atoms with Crippen molar-refractivity contribution in [3.05, 3.63) is 0 Å². The van der Waals surface area contributed by atoms with Crippen LogP contribution in [0.3, 0.4) is 0 Å². The fourth-order valence-electron chi connectivity index (χ4n) is 4.19. The van der Waals surface area contributed by atoms with E-state index in [1.165, 1.54) is 128 Å². The summed E-state index contributed by atoms with van der Waals surface area (Å²) in [5.74, 6) is 1.58. The minimum absolute atomic E-state index is 0.0125. The van der Waals surface area contributed by atoms with E-state index in [1.54, 1.807) is 11.8 Å². The molecule has 0 amide bonds. The maximum absolute atomic E-state index is 10.7. The largest absolute Gasteiger partial charge is 0.326 e. The fourth-order valence-corrected chi connectivity index (χ4v) is 6.27. The van der Waals surface area contributed by atoms with Crippen molar-refractivity contribution in [2.75, 3.05) is 30.8 Å². The molecule has 4 nitrogen and oxygen atoms in total. The van der Waals surface area contributed by atoms with Crippen molar-refractivity contribution in [2.24, 2.45) is 0 Å². The second kappa shape index (κ2) is 27.1. The Morgan fingerprint density at radius 1 is 0.545 bits per heavy atom. The van der Waals surface area contributed by atoms with Crippen LogP contribution in [-0.4, -0.2) is 40.5 Å². The maximum atomic E-state index is 10.7. The zero-order valence-corrected chi connectivity index (χ0v) is 23.8. The number of hydrogen-bond donors (Lipinski definition) is 3. The lowest BCUT2D eigenvalue weighted by atomic mass is 10.0. The first-order valence-corrected chi connectivity index (χ1v) is 17.3. The van der Waals surface area contributed by atoms with Crippen LogP contribution in [0.1, 0.15) is 142 Å². The summed E-state index contributed by atoms with van der Waals surface area (Å²) < 4.78 is 10.7. The lowest BCUT2D eigenvalue weighted by molar-refractivity contribution is 0.375. The predicted molar refractivity (Wildman–Crippen MR) is 150 cm³/mol. The monoisotopic (exact) mass is 507 g/mol. The van der Waals surface area contributed by atoms with Gasteiger partial charge in [0.2, 0.25) is 0 Å². The van der Waals surface area contributed by atoms with Crippen LogP contribution in [0.4, 0.5) is 0 Å². The molecule has 0 aliphatic heterocycles. The Labute approximate surface area is 211 Å². The standard InChI is InChI=1S/C27H58NO3PS/c1-2-3-4-5-6-7-8-9-10-11-12-13-14-15-16-17-18-20-23-28-24-21-19-22-26-33-27-25-32(29,30)31/h28H,2-27H2,1H3,(H2,29,30,31). The highest BCUT2D eigenvalue weighted by atomic mass is 32.2. The van der Waals surface area contributed by atoms with Gasteiger partial charge < -0.3 is 15.1 Å². The fraction of sp³-hybridized carbons (Fsp3) is 1.00. The molecule has 0 aromatic carbocycles. The zero-order chi connectivity index (χ0) is 24.3. The van der Waals surface area contributed by atoms with Crippen LogP contribution in [-0.2, 0) is 4.57 Å². The molecular weight excluding hydrogens is 449 g/mol. The first kappa shape index (κ1) is 33.5. The van der Waals surface area contributed by atoms with E-state index in [1.807, 2.05) is 0 Å². The Bertz CT molecular complexity index is 420. The van der Waals surface area contributed by atoms with Gasteiger partial charge in [-0.05, 0) is 38.1 Å². The van der Waals surface area contributed by atoms with E-state index in [4.69, 9.17) is 9.79 Å². The Kier molecular flexibility index (Phi) is 27.4. The minimum atomic E-state index is -3.80. The lowest BCUT2D eigenvalue weighted by Gasteiger charge is -2.06. The van der Waals surface area contributed by atoms with Gasteiger partial charge in [0.1, 0.15) is 0 Å². The van der Waals surface area contributed by atoms with Crippen molar-refractivity contribution >= 4 is 19.4 Å². The molecule has 0 spiro atoms. The molecule has 0 fully saturated rings. The van der Waals surface area contributed by atoms with Gasteiger partial charge in [0.15, 0.2) is 0 Å². The van der Waals surface area contributed by atoms with Crippen LogP contribution < -0.4 is 5.32 Å². The van der Waals surface area contributed by atoms with E-state index < -0.39 is 7.60 Å². The van der Waals surface area contributed by atoms with Crippen LogP contribution >= 0.6 is 19.4 Å². The number of hydrogen-bond acceptors (Lipinski definition) is 3. The summed E-state index contributed by atoms with van der Waals surface area (Å²) >= 11 is 1.66. The van der Waals surface area contributed by atoms with Gasteiger partial charge in [0, 0.05) is 5.75 Å². The molecule has 0 heterocycles. The van der Waals surface area contributed by atoms with Crippen molar-refractivity contribution in [1.29, 1.82) is 0 Å². The van der Waals surface area contributed by atoms with E-state index in [0.29, 0.717) is 5.75 Å². The second-order valence-electron chi connectivity index (χ2n) is 9.82. The molecule has 0 unspecified atom stereocenters. The van der Waals surface area contributed by atoms with Crippen molar-refractivity contribution in [1.82, 2.24) is 5.32 Å². The molecule has 0 aromatic heterocycles. The minimum Gasteiger partial charge on any atom is -0.324 e. The average molecular weight is 508 g/mol. The molecule has 200 valence electrons. The Morgan fingerprint density at radius 3 is 1.30 bits per heavy atom. The molecule has 0 radical (unpaired) electrons. The average Bonchev–Trinajstić information content (AvgIpc) is 2.78. The topological polar surface area (TPSA) is 69.6 Å². The molecule has 0 aromatic rings. The van der Waals surface area contributed by atoms with Gasteiger partial charge >= 0.3 is 7.60 Å².